The molecule has 0 aliphatic carbocycles. The van der Waals surface area contributed by atoms with Crippen LogP contribution in [0.1, 0.15) is 15.9 Å². The molecule has 1 rings (SSSR count). The molecule has 0 heterocycles. The van der Waals surface area contributed by atoms with E-state index in [1.807, 2.05) is 0 Å². The van der Waals surface area contributed by atoms with Crippen LogP contribution in [0.4, 0.5) is 0 Å². The smallest absolute Gasteiger partial charge is 0.336 e. The lowest BCUT2D eigenvalue weighted by atomic mass is 10.1. The summed E-state index contributed by atoms with van der Waals surface area (Å²) in [5.74, 6) is -0.332. The summed E-state index contributed by atoms with van der Waals surface area (Å²) in [7, 11) is 3.05. The maximum Gasteiger partial charge on any atom is 0.336 e. The summed E-state index contributed by atoms with van der Waals surface area (Å²) in [6.45, 7) is 0.263. The van der Waals surface area contributed by atoms with Crippen LogP contribution in [0.25, 0.3) is 0 Å². The van der Waals surface area contributed by atoms with Crippen LogP contribution in [-0.2, 0) is 11.3 Å². The first-order valence-electron chi connectivity index (χ1n) is 4.08. The molecule has 0 atom stereocenters. The zero-order valence-corrected chi connectivity index (χ0v) is 8.11. The summed E-state index contributed by atoms with van der Waals surface area (Å²) < 4.78 is 9.89. The molecule has 0 bridgehead atoms. The van der Waals surface area contributed by atoms with Gasteiger partial charge < -0.3 is 14.6 Å². The highest BCUT2D eigenvalue weighted by atomic mass is 16.5. The molecule has 0 aliphatic heterocycles. The number of benzene rings is 1. The Bertz CT molecular complexity index is 333. The molecule has 0 aromatic heterocycles. The van der Waals surface area contributed by atoms with Crippen molar-refractivity contribution in [2.75, 3.05) is 14.2 Å². The van der Waals surface area contributed by atoms with E-state index in [-0.39, 0.29) is 12.2 Å². The average Bonchev–Trinajstić information content (AvgIpc) is 2.17. The average molecular weight is 196 g/mol. The molecule has 4 heteroatoms. The molecule has 1 aromatic rings. The second-order valence-corrected chi connectivity index (χ2v) is 2.76. The maximum atomic E-state index is 10.8. The fraction of sp³-hybridized carbons (Fsp3) is 0.300. The van der Waals surface area contributed by atoms with Crippen LogP contribution in [0.2, 0.25) is 0 Å². The highest BCUT2D eigenvalue weighted by molar-refractivity contribution is 5.89. The summed E-state index contributed by atoms with van der Waals surface area (Å²) >= 11 is 0. The van der Waals surface area contributed by atoms with E-state index in [2.05, 4.69) is 0 Å². The van der Waals surface area contributed by atoms with Gasteiger partial charge in [0.05, 0.1) is 19.3 Å². The zero-order chi connectivity index (χ0) is 10.6. The van der Waals surface area contributed by atoms with Gasteiger partial charge in [-0.2, -0.15) is 0 Å². The van der Waals surface area contributed by atoms with Crippen LogP contribution < -0.4 is 4.74 Å². The molecule has 0 unspecified atom stereocenters. The molecular weight excluding hydrogens is 184 g/mol. The van der Waals surface area contributed by atoms with Gasteiger partial charge in [-0.15, -0.1) is 0 Å². The Morgan fingerprint density at radius 1 is 1.43 bits per heavy atom. The molecule has 0 fully saturated rings. The fourth-order valence-electron chi connectivity index (χ4n) is 1.18. The van der Waals surface area contributed by atoms with E-state index in [4.69, 9.17) is 14.6 Å². The number of aromatic carboxylic acids is 1. The van der Waals surface area contributed by atoms with Gasteiger partial charge in [0.25, 0.3) is 0 Å². The molecular formula is C10H12O4. The number of carboxylic acids is 1. The van der Waals surface area contributed by atoms with Crippen LogP contribution in [0, 0.1) is 0 Å². The molecule has 1 aromatic carbocycles. The van der Waals surface area contributed by atoms with E-state index in [0.29, 0.717) is 11.3 Å². The molecule has 0 amide bonds. The first-order valence-corrected chi connectivity index (χ1v) is 4.08. The second kappa shape index (κ2) is 4.62. The lowest BCUT2D eigenvalue weighted by molar-refractivity contribution is 0.0692. The molecule has 1 N–H and O–H groups in total. The fourth-order valence-corrected chi connectivity index (χ4v) is 1.18. The third-order valence-corrected chi connectivity index (χ3v) is 1.84. The molecule has 4 nitrogen and oxygen atoms in total. The first-order chi connectivity index (χ1) is 6.69. The van der Waals surface area contributed by atoms with Gasteiger partial charge >= 0.3 is 5.97 Å². The predicted molar refractivity (Wildman–Crippen MR) is 50.7 cm³/mol. The number of ether oxygens (including phenoxy) is 2. The van der Waals surface area contributed by atoms with E-state index in [0.717, 1.165) is 0 Å². The topological polar surface area (TPSA) is 55.8 Å². The minimum atomic E-state index is -0.959. The summed E-state index contributed by atoms with van der Waals surface area (Å²) in [6, 6.07) is 4.78. The predicted octanol–water partition coefficient (Wildman–Crippen LogP) is 1.54. The van der Waals surface area contributed by atoms with E-state index in [9.17, 15) is 4.79 Å². The molecule has 0 saturated carbocycles. The quantitative estimate of drug-likeness (QED) is 0.793. The van der Waals surface area contributed by atoms with Crippen molar-refractivity contribution in [3.63, 3.8) is 0 Å². The van der Waals surface area contributed by atoms with Crippen molar-refractivity contribution in [2.45, 2.75) is 6.61 Å². The minimum absolute atomic E-state index is 0.243. The van der Waals surface area contributed by atoms with Crippen LogP contribution in [-0.4, -0.2) is 25.3 Å². The third kappa shape index (κ3) is 2.23. The Morgan fingerprint density at radius 3 is 2.64 bits per heavy atom. The Kier molecular flexibility index (Phi) is 3.48. The maximum absolute atomic E-state index is 10.8. The van der Waals surface area contributed by atoms with Crippen molar-refractivity contribution in [3.05, 3.63) is 29.3 Å². The highest BCUT2D eigenvalue weighted by Gasteiger charge is 2.10. The summed E-state index contributed by atoms with van der Waals surface area (Å²) in [4.78, 5) is 10.8. The second-order valence-electron chi connectivity index (χ2n) is 2.76. The van der Waals surface area contributed by atoms with Gasteiger partial charge in [-0.3, -0.25) is 0 Å². The van der Waals surface area contributed by atoms with Crippen molar-refractivity contribution in [3.8, 4) is 5.75 Å². The largest absolute Gasteiger partial charge is 0.497 e. The van der Waals surface area contributed by atoms with Crippen molar-refractivity contribution in [1.82, 2.24) is 0 Å². The monoisotopic (exact) mass is 196 g/mol. The molecule has 14 heavy (non-hydrogen) atoms. The van der Waals surface area contributed by atoms with Crippen LogP contribution in [0.15, 0.2) is 18.2 Å². The van der Waals surface area contributed by atoms with Crippen molar-refractivity contribution >= 4 is 5.97 Å². The van der Waals surface area contributed by atoms with Gasteiger partial charge in [-0.25, -0.2) is 4.79 Å². The number of rotatable bonds is 4. The van der Waals surface area contributed by atoms with Gasteiger partial charge in [0.1, 0.15) is 5.75 Å². The molecule has 0 saturated heterocycles. The van der Waals surface area contributed by atoms with Crippen LogP contribution in [0.3, 0.4) is 0 Å². The van der Waals surface area contributed by atoms with Gasteiger partial charge in [-0.1, -0.05) is 0 Å². The Balaban J connectivity index is 3.10. The SMILES string of the molecule is COCc1cc(OC)ccc1C(=O)O. The summed E-state index contributed by atoms with van der Waals surface area (Å²) in [5.41, 5.74) is 0.854. The molecule has 0 radical (unpaired) electrons. The van der Waals surface area contributed by atoms with E-state index < -0.39 is 5.97 Å². The van der Waals surface area contributed by atoms with Gasteiger partial charge in [0, 0.05) is 7.11 Å². The molecule has 0 spiro atoms. The highest BCUT2D eigenvalue weighted by Crippen LogP contribution is 2.18. The normalized spacial score (nSPS) is 9.86. The molecule has 0 aliphatic rings. The van der Waals surface area contributed by atoms with E-state index >= 15 is 0 Å². The molecule has 76 valence electrons. The summed E-state index contributed by atoms with van der Waals surface area (Å²) in [5, 5.41) is 8.86. The zero-order valence-electron chi connectivity index (χ0n) is 8.11. The van der Waals surface area contributed by atoms with Gasteiger partial charge in [-0.05, 0) is 23.8 Å². The first kappa shape index (κ1) is 10.5. The van der Waals surface area contributed by atoms with Crippen LogP contribution >= 0.6 is 0 Å². The van der Waals surface area contributed by atoms with Crippen molar-refractivity contribution in [1.29, 1.82) is 0 Å². The van der Waals surface area contributed by atoms with Gasteiger partial charge in [0.15, 0.2) is 0 Å². The van der Waals surface area contributed by atoms with Crippen molar-refractivity contribution < 1.29 is 19.4 Å². The number of hydrogen-bond donors (Lipinski definition) is 1. The minimum Gasteiger partial charge on any atom is -0.497 e. The number of carboxylic acid groups (broad SMARTS) is 1. The standard InChI is InChI=1S/C10H12O4/c1-13-6-7-5-8(14-2)3-4-9(7)10(11)12/h3-5H,6H2,1-2H3,(H,11,12). The Morgan fingerprint density at radius 2 is 2.14 bits per heavy atom. The Hall–Kier alpha value is -1.55. The number of methoxy groups -OCH3 is 2. The number of hydrogen-bond acceptors (Lipinski definition) is 3. The lowest BCUT2D eigenvalue weighted by Gasteiger charge is -2.07. The lowest BCUT2D eigenvalue weighted by Crippen LogP contribution is -2.03. The number of carbonyl (C=O) groups is 1. The Labute approximate surface area is 82.1 Å². The van der Waals surface area contributed by atoms with Crippen molar-refractivity contribution in [2.24, 2.45) is 0 Å². The third-order valence-electron chi connectivity index (χ3n) is 1.84. The van der Waals surface area contributed by atoms with E-state index in [1.165, 1.54) is 20.3 Å². The van der Waals surface area contributed by atoms with E-state index in [1.54, 1.807) is 12.1 Å². The summed E-state index contributed by atoms with van der Waals surface area (Å²) in [6.07, 6.45) is 0. The van der Waals surface area contributed by atoms with Gasteiger partial charge in [0.2, 0.25) is 0 Å². The van der Waals surface area contributed by atoms with Crippen LogP contribution in [0.5, 0.6) is 5.75 Å².